The first-order valence-corrected chi connectivity index (χ1v) is 11.2. The first-order chi connectivity index (χ1) is 13.8. The fraction of sp³-hybridized carbons (Fsp3) is 0.150. The number of nitrogens with zero attached hydrogens (tertiary/aromatic N) is 1. The normalized spacial score (nSPS) is 10.7. The first-order valence-electron chi connectivity index (χ1n) is 8.84. The smallest absolute Gasteiger partial charge is 0.354 e. The fourth-order valence-electron chi connectivity index (χ4n) is 2.39. The number of anilines is 1. The molecule has 3 rings (SSSR count). The van der Waals surface area contributed by atoms with Crippen molar-refractivity contribution in [3.63, 3.8) is 0 Å². The van der Waals surface area contributed by atoms with Crippen LogP contribution in [0.25, 0.3) is 11.1 Å². The van der Waals surface area contributed by atoms with Gasteiger partial charge in [0, 0.05) is 22.3 Å². The molecule has 3 aromatic rings. The molecule has 0 aliphatic heterocycles. The summed E-state index contributed by atoms with van der Waals surface area (Å²) in [4.78, 5) is 12.5. The van der Waals surface area contributed by atoms with E-state index in [-0.39, 0.29) is 5.56 Å². The number of rotatable bonds is 6. The molecule has 0 saturated heterocycles. The maximum absolute atomic E-state index is 11.5. The third kappa shape index (κ3) is 6.11. The van der Waals surface area contributed by atoms with Gasteiger partial charge in [-0.3, -0.25) is 0 Å². The van der Waals surface area contributed by atoms with Gasteiger partial charge in [0.15, 0.2) is 5.69 Å². The molecule has 0 atom stereocenters. The van der Waals surface area contributed by atoms with Crippen LogP contribution in [0.5, 0.6) is 0 Å². The van der Waals surface area contributed by atoms with Crippen molar-refractivity contribution in [3.05, 3.63) is 72.6 Å². The number of nitrogens with one attached hydrogen (secondary N) is 1. The van der Waals surface area contributed by atoms with Gasteiger partial charge in [-0.2, -0.15) is 8.42 Å². The molecular formula is C20H23N3O4S2. The van der Waals surface area contributed by atoms with E-state index in [0.717, 1.165) is 16.8 Å². The van der Waals surface area contributed by atoms with E-state index in [9.17, 15) is 18.3 Å². The van der Waals surface area contributed by atoms with Crippen molar-refractivity contribution in [3.8, 4) is 11.1 Å². The van der Waals surface area contributed by atoms with E-state index in [1.807, 2.05) is 30.3 Å². The number of carboxylic acids is 1. The van der Waals surface area contributed by atoms with E-state index < -0.39 is 21.9 Å². The van der Waals surface area contributed by atoms with Crippen molar-refractivity contribution in [1.29, 1.82) is 0 Å². The molecule has 0 aliphatic carbocycles. The first kappa shape index (κ1) is 22.5. The Labute approximate surface area is 174 Å². The Morgan fingerprint density at radius 2 is 1.66 bits per heavy atom. The molecule has 154 valence electrons. The van der Waals surface area contributed by atoms with Crippen LogP contribution in [0.15, 0.2) is 71.8 Å². The van der Waals surface area contributed by atoms with Gasteiger partial charge >= 0.3 is 16.2 Å². The van der Waals surface area contributed by atoms with E-state index in [1.165, 1.54) is 24.4 Å². The van der Waals surface area contributed by atoms with Crippen LogP contribution < -0.4 is 9.86 Å². The van der Waals surface area contributed by atoms with Crippen LogP contribution in [-0.2, 0) is 10.2 Å². The van der Waals surface area contributed by atoms with E-state index in [4.69, 9.17) is 5.14 Å². The average Bonchev–Trinajstić information content (AvgIpc) is 3.14. The lowest BCUT2D eigenvalue weighted by Gasteiger charge is -2.08. The van der Waals surface area contributed by atoms with Crippen LogP contribution in [0.2, 0.25) is 0 Å². The topological polar surface area (TPSA) is 114 Å². The van der Waals surface area contributed by atoms with Crippen molar-refractivity contribution < 1.29 is 18.3 Å². The zero-order chi connectivity index (χ0) is 21.4. The van der Waals surface area contributed by atoms with Gasteiger partial charge in [-0.15, -0.1) is 0 Å². The summed E-state index contributed by atoms with van der Waals surface area (Å²) in [6.07, 6.45) is 2.38. The SMILES string of the molecule is CCC.NS(=O)(=O)n1ccc(-c2ccc(NSc3ccccc3)cc2)c1C(=O)O. The van der Waals surface area contributed by atoms with Gasteiger partial charge in [-0.25, -0.2) is 13.9 Å². The standard InChI is InChI=1S/C17H15N3O4S2.C3H8/c18-26(23,24)20-11-10-15(16(20)17(21)22)12-6-8-13(9-7-12)19-25-14-4-2-1-3-5-14;1-3-2/h1-11,19H,(H,21,22)(H2,18,23,24);3H2,1-2H3. The molecule has 0 radical (unpaired) electrons. The molecule has 1 heterocycles. The summed E-state index contributed by atoms with van der Waals surface area (Å²) in [5.74, 6) is -1.37. The molecule has 0 spiro atoms. The summed E-state index contributed by atoms with van der Waals surface area (Å²) in [6, 6.07) is 18.2. The zero-order valence-corrected chi connectivity index (χ0v) is 17.7. The highest BCUT2D eigenvalue weighted by Crippen LogP contribution is 2.28. The number of hydrogen-bond acceptors (Lipinski definition) is 5. The van der Waals surface area contributed by atoms with Crippen molar-refractivity contribution in [2.45, 2.75) is 25.2 Å². The summed E-state index contributed by atoms with van der Waals surface area (Å²) < 4.78 is 26.8. The Kier molecular flexibility index (Phi) is 7.89. The predicted octanol–water partition coefficient (Wildman–Crippen LogP) is 4.44. The molecule has 0 fully saturated rings. The lowest BCUT2D eigenvalue weighted by atomic mass is 10.1. The van der Waals surface area contributed by atoms with Gasteiger partial charge in [-0.05, 0) is 47.8 Å². The van der Waals surface area contributed by atoms with E-state index in [0.29, 0.717) is 9.54 Å². The highest BCUT2D eigenvalue weighted by molar-refractivity contribution is 8.00. The second-order valence-electron chi connectivity index (χ2n) is 6.03. The Hall–Kier alpha value is -2.75. The molecule has 2 aromatic carbocycles. The lowest BCUT2D eigenvalue weighted by Crippen LogP contribution is -2.24. The van der Waals surface area contributed by atoms with Gasteiger partial charge in [-0.1, -0.05) is 50.6 Å². The highest BCUT2D eigenvalue weighted by atomic mass is 32.2. The molecule has 0 bridgehead atoms. The van der Waals surface area contributed by atoms with Crippen LogP contribution in [0.1, 0.15) is 30.8 Å². The quantitative estimate of drug-likeness (QED) is 0.495. The maximum Gasteiger partial charge on any atom is 0.354 e. The molecule has 4 N–H and O–H groups in total. The maximum atomic E-state index is 11.5. The van der Waals surface area contributed by atoms with Crippen molar-refractivity contribution in [1.82, 2.24) is 3.97 Å². The summed E-state index contributed by atoms with van der Waals surface area (Å²) in [5.41, 5.74) is 1.27. The molecular weight excluding hydrogens is 410 g/mol. The molecule has 0 amide bonds. The lowest BCUT2D eigenvalue weighted by molar-refractivity contribution is 0.0690. The summed E-state index contributed by atoms with van der Waals surface area (Å²) >= 11 is 1.45. The third-order valence-electron chi connectivity index (χ3n) is 3.55. The minimum atomic E-state index is -4.19. The fourth-order valence-corrected chi connectivity index (χ4v) is 3.72. The van der Waals surface area contributed by atoms with E-state index in [2.05, 4.69) is 18.6 Å². The molecule has 0 saturated carbocycles. The second kappa shape index (κ2) is 10.1. The largest absolute Gasteiger partial charge is 0.477 e. The number of carbonyl (C=O) groups is 1. The number of aromatic carboxylic acids is 1. The Morgan fingerprint density at radius 1 is 1.07 bits per heavy atom. The predicted molar refractivity (Wildman–Crippen MR) is 117 cm³/mol. The van der Waals surface area contributed by atoms with Crippen molar-refractivity contribution >= 4 is 33.8 Å². The molecule has 0 unspecified atom stereocenters. The number of nitrogens with two attached hydrogens (primary N) is 1. The minimum absolute atomic E-state index is 0.272. The van der Waals surface area contributed by atoms with Crippen LogP contribution in [0.3, 0.4) is 0 Å². The zero-order valence-electron chi connectivity index (χ0n) is 16.1. The van der Waals surface area contributed by atoms with Crippen LogP contribution >= 0.6 is 11.9 Å². The van der Waals surface area contributed by atoms with Gasteiger partial charge in [0.1, 0.15) is 0 Å². The van der Waals surface area contributed by atoms with E-state index >= 15 is 0 Å². The molecule has 1 aromatic heterocycles. The third-order valence-corrected chi connectivity index (χ3v) is 5.25. The van der Waals surface area contributed by atoms with Crippen molar-refractivity contribution in [2.24, 2.45) is 5.14 Å². The summed E-state index contributed by atoms with van der Waals surface area (Å²) in [7, 11) is -4.19. The summed E-state index contributed by atoms with van der Waals surface area (Å²) in [6.45, 7) is 4.25. The number of benzene rings is 2. The van der Waals surface area contributed by atoms with Gasteiger partial charge in [0.2, 0.25) is 0 Å². The second-order valence-corrected chi connectivity index (χ2v) is 8.33. The highest BCUT2D eigenvalue weighted by Gasteiger charge is 2.22. The van der Waals surface area contributed by atoms with Crippen LogP contribution in [0, 0.1) is 0 Å². The van der Waals surface area contributed by atoms with Gasteiger partial charge in [0.05, 0.1) is 0 Å². The van der Waals surface area contributed by atoms with Gasteiger partial charge < -0.3 is 9.83 Å². The van der Waals surface area contributed by atoms with E-state index in [1.54, 1.807) is 24.3 Å². The molecule has 0 aliphatic rings. The summed E-state index contributed by atoms with van der Waals surface area (Å²) in [5, 5.41) is 14.4. The molecule has 29 heavy (non-hydrogen) atoms. The monoisotopic (exact) mass is 433 g/mol. The van der Waals surface area contributed by atoms with Crippen LogP contribution in [0.4, 0.5) is 5.69 Å². The van der Waals surface area contributed by atoms with Crippen LogP contribution in [-0.4, -0.2) is 23.5 Å². The molecule has 9 heteroatoms. The Balaban J connectivity index is 0.000000941. The minimum Gasteiger partial charge on any atom is -0.477 e. The number of aromatic nitrogens is 1. The number of hydrogen-bond donors (Lipinski definition) is 3. The van der Waals surface area contributed by atoms with Gasteiger partial charge in [0.25, 0.3) is 0 Å². The Bertz CT molecular complexity index is 1050. The van der Waals surface area contributed by atoms with Crippen molar-refractivity contribution in [2.75, 3.05) is 4.72 Å². The molecule has 7 nitrogen and oxygen atoms in total. The number of carboxylic acid groups (broad SMARTS) is 1. The Morgan fingerprint density at radius 3 is 2.17 bits per heavy atom. The average molecular weight is 434 g/mol.